The second kappa shape index (κ2) is 41.2. The number of aromatic hydroxyl groups is 1. The van der Waals surface area contributed by atoms with Crippen molar-refractivity contribution >= 4 is 17.8 Å². The first-order valence-corrected chi connectivity index (χ1v) is 43.8. The minimum absolute atomic E-state index is 0.137. The molecule has 1 unspecified atom stereocenters. The van der Waals surface area contributed by atoms with Crippen LogP contribution in [-0.4, -0.2) is 87.3 Å². The smallest absolute Gasteiger partial charge is 0.416 e. The van der Waals surface area contributed by atoms with Crippen LogP contribution in [0.3, 0.4) is 0 Å². The molecule has 17 aromatic rings. The number of nitrogens with two attached hydrogens (primary N) is 2. The third-order valence-corrected chi connectivity index (χ3v) is 22.7. The van der Waals surface area contributed by atoms with Crippen molar-refractivity contribution in [1.29, 1.82) is 0 Å². The summed E-state index contributed by atoms with van der Waals surface area (Å²) in [5.74, 6) is 9.17. The molecule has 1 atom stereocenters. The molecule has 30 heteroatoms. The summed E-state index contributed by atoms with van der Waals surface area (Å²) < 4.78 is 137. The van der Waals surface area contributed by atoms with E-state index in [1.165, 1.54) is 66.6 Å². The Morgan fingerprint density at radius 1 is 0.326 bits per heavy atom. The van der Waals surface area contributed by atoms with Crippen LogP contribution in [0.25, 0.3) is 126 Å². The Kier molecular flexibility index (Phi) is 27.3. The number of anilines is 1. The number of ether oxygens (including phenoxy) is 6. The predicted octanol–water partition coefficient (Wildman–Crippen LogP) is 25.3. The second-order valence-electron chi connectivity index (χ2n) is 32.2. The lowest BCUT2D eigenvalue weighted by atomic mass is 10.1. The second-order valence-corrected chi connectivity index (χ2v) is 32.2. The summed E-state index contributed by atoms with van der Waals surface area (Å²) in [5, 5.41) is 29.6. The van der Waals surface area contributed by atoms with Gasteiger partial charge in [0, 0.05) is 74.3 Å². The number of hydrogen-bond acceptors (Lipinski definition) is 24. The summed E-state index contributed by atoms with van der Waals surface area (Å²) in [6, 6.07) is 80.0. The highest BCUT2D eigenvalue weighted by atomic mass is 19.4. The SMILES string of the molecule is C1=Cc2cc(-c3nc(-c4ccc(OC5CCCC5)cc4)no3)ccc2C1.FC(F)(F)c1ccc(Oc2ccc(-c3noc(-c4ccc5c(c4)C=CC5)n3)cc2)cc1.NCc1ccc(-c2nc(-c3ccc(Oc4ccc(C(F)(F)F)cc4)cc3)no2)cc1.Nc1ccc(-c2nc(-c3ccc(OC4CCOC4)cc3)no2)cc1.Oc1ccc(-c2nc(-c3ccc(OC4CCCC4)cc3)no2)cc1. The quantitative estimate of drug-likeness (QED) is 0.0444. The Morgan fingerprint density at radius 3 is 0.933 bits per heavy atom. The number of nitrogens with zero attached hydrogens (tertiary/aromatic N) is 10. The Bertz CT molecular complexity index is 6710. The maximum absolute atomic E-state index is 12.7. The number of benzene rings is 12. The molecule has 3 fully saturated rings. The molecule has 6 heterocycles. The lowest BCUT2D eigenvalue weighted by molar-refractivity contribution is -0.138. The monoisotopic (exact) mass is 1820 g/mol. The number of hydrogen-bond donors (Lipinski definition) is 3. The summed E-state index contributed by atoms with van der Waals surface area (Å²) >= 11 is 0. The number of allylic oxidation sites excluding steroid dienone is 2. The van der Waals surface area contributed by atoms with E-state index in [-0.39, 0.29) is 11.9 Å². The van der Waals surface area contributed by atoms with E-state index in [9.17, 15) is 31.4 Å². The van der Waals surface area contributed by atoms with Gasteiger partial charge in [-0.15, -0.1) is 0 Å². The normalized spacial score (nSPS) is 14.3. The summed E-state index contributed by atoms with van der Waals surface area (Å²) in [4.78, 5) is 22.3. The predicted molar refractivity (Wildman–Crippen MR) is 494 cm³/mol. The molecule has 680 valence electrons. The highest BCUT2D eigenvalue weighted by molar-refractivity contribution is 5.72. The van der Waals surface area contributed by atoms with E-state index in [4.69, 9.17) is 62.5 Å². The summed E-state index contributed by atoms with van der Waals surface area (Å²) in [5.41, 5.74) is 24.9. The molecule has 24 nitrogen and oxygen atoms in total. The van der Waals surface area contributed by atoms with Gasteiger partial charge < -0.3 is 67.6 Å². The molecule has 4 aliphatic carbocycles. The van der Waals surface area contributed by atoms with Crippen LogP contribution in [0.15, 0.2) is 314 Å². The zero-order valence-corrected chi connectivity index (χ0v) is 72.3. The summed E-state index contributed by atoms with van der Waals surface area (Å²) in [6.07, 6.45) is 13.1. The van der Waals surface area contributed by atoms with E-state index in [1.807, 2.05) is 127 Å². The molecular formula is C105H86F6N12O12. The van der Waals surface area contributed by atoms with Gasteiger partial charge in [-0.2, -0.15) is 51.3 Å². The molecule has 12 aromatic carbocycles. The number of rotatable bonds is 21. The fourth-order valence-corrected chi connectivity index (χ4v) is 15.4. The molecule has 2 saturated carbocycles. The van der Waals surface area contributed by atoms with E-state index in [0.717, 1.165) is 154 Å². The van der Waals surface area contributed by atoms with Gasteiger partial charge in [-0.3, -0.25) is 0 Å². The lowest BCUT2D eigenvalue weighted by Gasteiger charge is -2.12. The van der Waals surface area contributed by atoms with E-state index < -0.39 is 23.5 Å². The van der Waals surface area contributed by atoms with Gasteiger partial charge in [-0.1, -0.05) is 74.4 Å². The van der Waals surface area contributed by atoms with Crippen molar-refractivity contribution < 1.29 is 82.5 Å². The Morgan fingerprint density at radius 2 is 0.615 bits per heavy atom. The van der Waals surface area contributed by atoms with Gasteiger partial charge in [-0.05, 0) is 347 Å². The van der Waals surface area contributed by atoms with Crippen molar-refractivity contribution in [3.63, 3.8) is 0 Å². The maximum atomic E-state index is 12.7. The van der Waals surface area contributed by atoms with Gasteiger partial charge >= 0.3 is 12.4 Å². The van der Waals surface area contributed by atoms with Crippen LogP contribution in [0.4, 0.5) is 32.0 Å². The third kappa shape index (κ3) is 23.1. The fraction of sp³-hybridized carbons (Fsp3) is 0.181. The molecule has 1 aliphatic heterocycles. The largest absolute Gasteiger partial charge is 0.508 e. The van der Waals surface area contributed by atoms with Crippen LogP contribution >= 0.6 is 0 Å². The average Bonchev–Trinajstić information content (AvgIpc) is 1.68. The fourth-order valence-electron chi connectivity index (χ4n) is 15.4. The van der Waals surface area contributed by atoms with Crippen LogP contribution in [-0.2, 0) is 36.5 Å². The molecule has 135 heavy (non-hydrogen) atoms. The minimum Gasteiger partial charge on any atom is -0.508 e. The Labute approximate surface area is 769 Å². The topological polar surface area (TPSA) is 322 Å². The van der Waals surface area contributed by atoms with E-state index in [0.29, 0.717) is 118 Å². The van der Waals surface area contributed by atoms with Crippen molar-refractivity contribution in [2.24, 2.45) is 5.73 Å². The first-order valence-electron chi connectivity index (χ1n) is 43.8. The molecule has 0 bridgehead atoms. The molecule has 5 aliphatic rings. The molecular weight excluding hydrogens is 1740 g/mol. The molecule has 0 spiro atoms. The zero-order valence-electron chi connectivity index (χ0n) is 72.3. The van der Waals surface area contributed by atoms with Gasteiger partial charge in [0.2, 0.25) is 29.1 Å². The van der Waals surface area contributed by atoms with E-state index in [1.54, 1.807) is 84.9 Å². The van der Waals surface area contributed by atoms with Gasteiger partial charge in [0.15, 0.2) is 0 Å². The zero-order chi connectivity index (χ0) is 92.6. The Balaban J connectivity index is 0.000000113. The molecule has 22 rings (SSSR count). The highest BCUT2D eigenvalue weighted by Gasteiger charge is 2.32. The number of halogens is 6. The van der Waals surface area contributed by atoms with Gasteiger partial charge in [0.05, 0.1) is 36.5 Å². The average molecular weight is 1820 g/mol. The first-order chi connectivity index (χ1) is 65.8. The lowest BCUT2D eigenvalue weighted by Crippen LogP contribution is -2.15. The molecule has 5 N–H and O–H groups in total. The van der Waals surface area contributed by atoms with Crippen molar-refractivity contribution in [3.8, 4) is 160 Å². The van der Waals surface area contributed by atoms with Gasteiger partial charge in [-0.25, -0.2) is 0 Å². The minimum atomic E-state index is -4.38. The molecule has 5 aromatic heterocycles. The molecule has 1 saturated heterocycles. The Hall–Kier alpha value is -16.1. The van der Waals surface area contributed by atoms with Gasteiger partial charge in [0.25, 0.3) is 29.5 Å². The van der Waals surface area contributed by atoms with Gasteiger partial charge in [0.1, 0.15) is 52.1 Å². The van der Waals surface area contributed by atoms with Crippen LogP contribution in [0, 0.1) is 0 Å². The number of aromatic nitrogens is 10. The number of phenols is 1. The third-order valence-electron chi connectivity index (χ3n) is 22.7. The summed E-state index contributed by atoms with van der Waals surface area (Å²) in [6.45, 7) is 1.87. The van der Waals surface area contributed by atoms with E-state index >= 15 is 0 Å². The van der Waals surface area contributed by atoms with Crippen molar-refractivity contribution in [2.75, 3.05) is 18.9 Å². The van der Waals surface area contributed by atoms with Crippen LogP contribution < -0.4 is 35.2 Å². The number of fused-ring (bicyclic) bond motifs is 2. The maximum Gasteiger partial charge on any atom is 0.416 e. The van der Waals surface area contributed by atoms with Crippen LogP contribution in [0.2, 0.25) is 0 Å². The number of alkyl halides is 6. The molecule has 0 radical (unpaired) electrons. The number of phenolic OH excluding ortho intramolecular Hbond substituents is 1. The van der Waals surface area contributed by atoms with Crippen molar-refractivity contribution in [3.05, 3.63) is 330 Å². The molecule has 0 amide bonds. The van der Waals surface area contributed by atoms with Crippen LogP contribution in [0.1, 0.15) is 96.7 Å². The van der Waals surface area contributed by atoms with E-state index in [2.05, 4.69) is 93.2 Å². The first kappa shape index (κ1) is 89.5. The highest BCUT2D eigenvalue weighted by Crippen LogP contribution is 2.39. The van der Waals surface area contributed by atoms with Crippen molar-refractivity contribution in [1.82, 2.24) is 50.7 Å². The van der Waals surface area contributed by atoms with Crippen molar-refractivity contribution in [2.45, 2.75) is 108 Å². The number of nitrogen functional groups attached to an aromatic ring is 1. The van der Waals surface area contributed by atoms with Crippen LogP contribution in [0.5, 0.6) is 46.0 Å². The summed E-state index contributed by atoms with van der Waals surface area (Å²) in [7, 11) is 0. The standard InChI is InChI=1S/C24H15F3N2O2.C22H16F3N3O2.C22H20N2O2.C19H18N2O3.C18H17N3O3/c25-24(26,27)19-8-12-21(13-9-19)30-20-10-6-16(7-11-20)22-28-23(31-29-22)18-5-4-15-2-1-3-17(15)14-18;23-22(24,25)17-7-11-19(12-8-17)29-18-9-5-15(6-10-18)20-27-21(30-28-20)16-3-1-14(13-26)2-4-16;1-2-7-19(6-1)25-20-12-10-16(11-13-20)21-23-22(26-24-21)18-9-8-15-4-3-5-17(15)14-18;22-15-9-5-14(6-10-15)19-20-18(21-24-19)13-7-11-17(12-8-13)23-16-3-1-2-4-16;19-14-5-1-13(2-6-14)18-20-17(21-24-18)12-3-7-15(8-4-12)23-16-9-10-22-11-16/h1,3-14H,2H2;1-12H,13,26H2;3,5,8-14,19H,1-2,4,6-7H2;5-12,16,22H,1-4H2;1-8,16H,9-11,19H2.